The third-order valence-corrected chi connectivity index (χ3v) is 6.16. The molecule has 0 radical (unpaired) electrons. The van der Waals surface area contributed by atoms with Gasteiger partial charge in [-0.2, -0.15) is 0 Å². The largest absolute Gasteiger partial charge is 0.367 e. The summed E-state index contributed by atoms with van der Waals surface area (Å²) < 4.78 is 1.65. The molecular weight excluding hydrogens is 348 g/mol. The molecule has 1 saturated heterocycles. The van der Waals surface area contributed by atoms with Crippen LogP contribution in [0.5, 0.6) is 0 Å². The van der Waals surface area contributed by atoms with Crippen molar-refractivity contribution in [1.29, 1.82) is 0 Å². The molecule has 146 valence electrons. The predicted octanol–water partition coefficient (Wildman–Crippen LogP) is 3.92. The smallest absolute Gasteiger partial charge is 0.254 e. The van der Waals surface area contributed by atoms with Gasteiger partial charge < -0.3 is 4.90 Å². The lowest BCUT2D eigenvalue weighted by molar-refractivity contribution is 0.134. The maximum absolute atomic E-state index is 12.7. The van der Waals surface area contributed by atoms with E-state index in [1.54, 1.807) is 16.7 Å². The summed E-state index contributed by atoms with van der Waals surface area (Å²) in [6.07, 6.45) is 1.80. The van der Waals surface area contributed by atoms with Crippen LogP contribution >= 0.6 is 0 Å². The molecule has 2 aliphatic rings. The van der Waals surface area contributed by atoms with Gasteiger partial charge >= 0.3 is 0 Å². The van der Waals surface area contributed by atoms with Crippen LogP contribution in [0.1, 0.15) is 42.1 Å². The molecule has 2 unspecified atom stereocenters. The van der Waals surface area contributed by atoms with Gasteiger partial charge in [0.25, 0.3) is 5.56 Å². The van der Waals surface area contributed by atoms with Crippen molar-refractivity contribution in [3.63, 3.8) is 0 Å². The van der Waals surface area contributed by atoms with Gasteiger partial charge in [0.2, 0.25) is 0 Å². The second-order valence-corrected chi connectivity index (χ2v) is 7.86. The lowest BCUT2D eigenvalue weighted by atomic mass is 9.99. The molecule has 5 heteroatoms. The zero-order valence-corrected chi connectivity index (χ0v) is 17.0. The van der Waals surface area contributed by atoms with Crippen molar-refractivity contribution < 1.29 is 0 Å². The maximum atomic E-state index is 12.7. The molecular formula is C23H28N4O. The van der Waals surface area contributed by atoms with Gasteiger partial charge in [-0.1, -0.05) is 36.4 Å². The van der Waals surface area contributed by atoms with Crippen molar-refractivity contribution in [3.8, 4) is 0 Å². The van der Waals surface area contributed by atoms with Crippen molar-refractivity contribution in [3.05, 3.63) is 63.5 Å². The summed E-state index contributed by atoms with van der Waals surface area (Å²) in [5, 5.41) is 0. The average Bonchev–Trinajstić information content (AvgIpc) is 3.05. The number of aromatic nitrogens is 1. The summed E-state index contributed by atoms with van der Waals surface area (Å²) in [7, 11) is 0. The average molecular weight is 377 g/mol. The summed E-state index contributed by atoms with van der Waals surface area (Å²) >= 11 is 0. The fourth-order valence-corrected chi connectivity index (χ4v) is 4.82. The van der Waals surface area contributed by atoms with E-state index in [9.17, 15) is 4.79 Å². The van der Waals surface area contributed by atoms with Gasteiger partial charge in [0.05, 0.1) is 11.7 Å². The zero-order valence-electron chi connectivity index (χ0n) is 17.0. The molecule has 4 rings (SSSR count). The molecule has 0 amide bonds. The molecule has 5 nitrogen and oxygen atoms in total. The minimum atomic E-state index is -0.0389. The number of hydrogen-bond acceptors (Lipinski definition) is 4. The minimum absolute atomic E-state index is 0.0389. The SMILES string of the molecule is C=Cc1c(N2CC(C)N3Cc4cc(C)ccc4C3C2)cc(=O)n(CC)c1N=C. The first-order chi connectivity index (χ1) is 13.5. The highest BCUT2D eigenvalue weighted by Gasteiger charge is 2.39. The van der Waals surface area contributed by atoms with Gasteiger partial charge in [-0.15, -0.1) is 0 Å². The van der Waals surface area contributed by atoms with Gasteiger partial charge in [-0.05, 0) is 38.6 Å². The van der Waals surface area contributed by atoms with Crippen LogP contribution in [0.25, 0.3) is 6.08 Å². The lowest BCUT2D eigenvalue weighted by Crippen LogP contribution is -2.51. The van der Waals surface area contributed by atoms with Gasteiger partial charge in [-0.25, -0.2) is 4.99 Å². The molecule has 0 N–H and O–H groups in total. The number of pyridine rings is 1. The molecule has 28 heavy (non-hydrogen) atoms. The Labute approximate surface area is 166 Å². The zero-order chi connectivity index (χ0) is 20.0. The van der Waals surface area contributed by atoms with E-state index in [2.05, 4.69) is 60.1 Å². The molecule has 1 fully saturated rings. The Kier molecular flexibility index (Phi) is 4.71. The molecule has 3 heterocycles. The molecule has 0 saturated carbocycles. The fraction of sp³-hybridized carbons (Fsp3) is 0.391. The number of aryl methyl sites for hydroxylation is 1. The number of rotatable bonds is 4. The Balaban J connectivity index is 1.78. The number of hydrogen-bond donors (Lipinski definition) is 0. The standard InChI is InChI=1S/C23H28N4O/c1-6-18-20(11-22(28)26(7-2)23(18)24-5)25-12-16(4)27-13-17-10-15(3)8-9-19(17)21(27)14-25/h6,8-11,16,21H,1,5,7,12-14H2,2-4H3. The molecule has 0 aliphatic carbocycles. The first kappa shape index (κ1) is 18.7. The van der Waals surface area contributed by atoms with Crippen molar-refractivity contribution in [2.75, 3.05) is 18.0 Å². The monoisotopic (exact) mass is 376 g/mol. The van der Waals surface area contributed by atoms with Crippen LogP contribution in [-0.4, -0.2) is 35.3 Å². The van der Waals surface area contributed by atoms with Gasteiger partial charge in [-0.3, -0.25) is 14.3 Å². The number of piperazine rings is 1. The van der Waals surface area contributed by atoms with Gasteiger partial charge in [0, 0.05) is 43.9 Å². The van der Waals surface area contributed by atoms with Gasteiger partial charge in [0.1, 0.15) is 5.82 Å². The summed E-state index contributed by atoms with van der Waals surface area (Å²) in [6.45, 7) is 17.3. The Hall–Kier alpha value is -2.66. The predicted molar refractivity (Wildman–Crippen MR) is 117 cm³/mol. The Morgan fingerprint density at radius 1 is 1.29 bits per heavy atom. The van der Waals surface area contributed by atoms with Crippen LogP contribution in [0, 0.1) is 6.92 Å². The normalized spacial score (nSPS) is 21.3. The number of aliphatic imine (C=N–C) groups is 1. The van der Waals surface area contributed by atoms with Crippen molar-refractivity contribution in [2.24, 2.45) is 4.99 Å². The van der Waals surface area contributed by atoms with Crippen molar-refractivity contribution in [1.82, 2.24) is 9.47 Å². The second-order valence-electron chi connectivity index (χ2n) is 7.86. The lowest BCUT2D eigenvalue weighted by Gasteiger charge is -2.44. The van der Waals surface area contributed by atoms with Crippen molar-refractivity contribution in [2.45, 2.75) is 45.9 Å². The minimum Gasteiger partial charge on any atom is -0.367 e. The molecule has 2 aliphatic heterocycles. The topological polar surface area (TPSA) is 40.8 Å². The Morgan fingerprint density at radius 3 is 2.75 bits per heavy atom. The molecule has 1 aromatic heterocycles. The second kappa shape index (κ2) is 7.06. The van der Waals surface area contributed by atoms with E-state index >= 15 is 0 Å². The molecule has 2 aromatic rings. The first-order valence-electron chi connectivity index (χ1n) is 9.95. The fourth-order valence-electron chi connectivity index (χ4n) is 4.82. The van der Waals surface area contributed by atoms with E-state index in [1.807, 2.05) is 6.92 Å². The highest BCUT2D eigenvalue weighted by atomic mass is 16.1. The van der Waals surface area contributed by atoms with Crippen LogP contribution in [-0.2, 0) is 13.1 Å². The van der Waals surface area contributed by atoms with E-state index in [4.69, 9.17) is 0 Å². The third kappa shape index (κ3) is 2.81. The van der Waals surface area contributed by atoms with E-state index in [0.29, 0.717) is 24.4 Å². The molecule has 2 atom stereocenters. The number of nitrogens with zero attached hydrogens (tertiary/aromatic N) is 4. The van der Waals surface area contributed by atoms with E-state index < -0.39 is 0 Å². The molecule has 0 spiro atoms. The van der Waals surface area contributed by atoms with E-state index in [0.717, 1.165) is 30.9 Å². The van der Waals surface area contributed by atoms with Crippen LogP contribution in [0.4, 0.5) is 11.5 Å². The highest BCUT2D eigenvalue weighted by molar-refractivity contribution is 5.75. The van der Waals surface area contributed by atoms with Crippen LogP contribution in [0.15, 0.2) is 40.6 Å². The summed E-state index contributed by atoms with van der Waals surface area (Å²) in [6, 6.07) is 9.24. The van der Waals surface area contributed by atoms with Crippen LogP contribution in [0.2, 0.25) is 0 Å². The molecule has 0 bridgehead atoms. The molecule has 1 aromatic carbocycles. The summed E-state index contributed by atoms with van der Waals surface area (Å²) in [5.41, 5.74) is 5.91. The maximum Gasteiger partial charge on any atom is 0.254 e. The summed E-state index contributed by atoms with van der Waals surface area (Å²) in [4.78, 5) is 21.8. The quantitative estimate of drug-likeness (QED) is 0.760. The van der Waals surface area contributed by atoms with Crippen molar-refractivity contribution >= 4 is 24.3 Å². The van der Waals surface area contributed by atoms with Crippen LogP contribution in [0.3, 0.4) is 0 Å². The number of benzene rings is 1. The Morgan fingerprint density at radius 2 is 2.07 bits per heavy atom. The van der Waals surface area contributed by atoms with E-state index in [1.165, 1.54) is 16.7 Å². The third-order valence-electron chi connectivity index (χ3n) is 6.16. The van der Waals surface area contributed by atoms with Gasteiger partial charge in [0.15, 0.2) is 0 Å². The Bertz CT molecular complexity index is 1010. The highest BCUT2D eigenvalue weighted by Crippen LogP contribution is 2.41. The number of fused-ring (bicyclic) bond motifs is 3. The number of anilines is 1. The first-order valence-corrected chi connectivity index (χ1v) is 9.95. The van der Waals surface area contributed by atoms with E-state index in [-0.39, 0.29) is 5.56 Å². The van der Waals surface area contributed by atoms with Crippen LogP contribution < -0.4 is 10.5 Å². The summed E-state index contributed by atoms with van der Waals surface area (Å²) in [5.74, 6) is 0.609.